The van der Waals surface area contributed by atoms with Gasteiger partial charge in [0.05, 0.1) is 11.0 Å². The molecule has 0 radical (unpaired) electrons. The minimum absolute atomic E-state index is 0.157. The van der Waals surface area contributed by atoms with Gasteiger partial charge in [0.2, 0.25) is 0 Å². The molecule has 3 aromatic rings. The van der Waals surface area contributed by atoms with Crippen LogP contribution in [0.1, 0.15) is 31.9 Å². The summed E-state index contributed by atoms with van der Waals surface area (Å²) < 4.78 is 0. The van der Waals surface area contributed by atoms with Crippen molar-refractivity contribution < 1.29 is 0 Å². The van der Waals surface area contributed by atoms with Gasteiger partial charge in [0.15, 0.2) is 0 Å². The van der Waals surface area contributed by atoms with Crippen LogP contribution < -0.4 is 5.73 Å². The molecule has 0 unspecified atom stereocenters. The van der Waals surface area contributed by atoms with Crippen molar-refractivity contribution in [1.29, 1.82) is 0 Å². The summed E-state index contributed by atoms with van der Waals surface area (Å²) in [6.07, 6.45) is 3.63. The van der Waals surface area contributed by atoms with E-state index in [2.05, 4.69) is 55.0 Å². The van der Waals surface area contributed by atoms with Crippen molar-refractivity contribution in [2.45, 2.75) is 32.7 Å². The minimum atomic E-state index is 0.157. The largest absolute Gasteiger partial charge is 0.326 e. The Kier molecular flexibility index (Phi) is 3.67. The van der Waals surface area contributed by atoms with Gasteiger partial charge in [-0.05, 0) is 34.2 Å². The van der Waals surface area contributed by atoms with Crippen LogP contribution in [0, 0.1) is 0 Å². The van der Waals surface area contributed by atoms with Gasteiger partial charge in [-0.2, -0.15) is 0 Å². The Labute approximate surface area is 131 Å². The maximum absolute atomic E-state index is 5.80. The zero-order chi connectivity index (χ0) is 15.7. The van der Waals surface area contributed by atoms with E-state index >= 15 is 0 Å². The van der Waals surface area contributed by atoms with Gasteiger partial charge >= 0.3 is 0 Å². The molecule has 3 nitrogen and oxygen atoms in total. The molecule has 0 saturated carbocycles. The highest BCUT2D eigenvalue weighted by molar-refractivity contribution is 5.92. The molecule has 0 aliphatic heterocycles. The normalized spacial score (nSPS) is 11.8. The van der Waals surface area contributed by atoms with E-state index in [1.54, 1.807) is 6.20 Å². The Morgan fingerprint density at radius 1 is 0.864 bits per heavy atom. The minimum Gasteiger partial charge on any atom is -0.326 e. The molecule has 3 heteroatoms. The Morgan fingerprint density at radius 3 is 2.14 bits per heavy atom. The lowest BCUT2D eigenvalue weighted by molar-refractivity contribution is 0.590. The zero-order valence-corrected chi connectivity index (χ0v) is 13.3. The van der Waals surface area contributed by atoms with Crippen LogP contribution in [0.4, 0.5) is 0 Å². The molecule has 0 amide bonds. The van der Waals surface area contributed by atoms with E-state index in [0.717, 1.165) is 27.7 Å². The molecule has 0 fully saturated rings. The molecule has 1 aromatic carbocycles. The Morgan fingerprint density at radius 2 is 1.50 bits per heavy atom. The fourth-order valence-electron chi connectivity index (χ4n) is 2.65. The van der Waals surface area contributed by atoms with Gasteiger partial charge in [0.1, 0.15) is 0 Å². The first-order chi connectivity index (χ1) is 10.5. The van der Waals surface area contributed by atoms with Crippen molar-refractivity contribution in [3.8, 4) is 11.1 Å². The van der Waals surface area contributed by atoms with E-state index in [4.69, 9.17) is 5.73 Å². The number of benzene rings is 1. The SMILES string of the molecule is CC(C)(C)c1ccc(-c2ccnc3c(CN)ccnc23)cc1. The number of hydrogen-bond acceptors (Lipinski definition) is 3. The van der Waals surface area contributed by atoms with Crippen LogP contribution in [0.2, 0.25) is 0 Å². The first-order valence-electron chi connectivity index (χ1n) is 7.54. The van der Waals surface area contributed by atoms with E-state index in [1.165, 1.54) is 5.56 Å². The number of aromatic nitrogens is 2. The van der Waals surface area contributed by atoms with Crippen LogP contribution in [-0.2, 0) is 12.0 Å². The summed E-state index contributed by atoms with van der Waals surface area (Å²) in [5, 5.41) is 0. The summed E-state index contributed by atoms with van der Waals surface area (Å²) in [6.45, 7) is 7.13. The summed E-state index contributed by atoms with van der Waals surface area (Å²) in [5.41, 5.74) is 12.4. The molecule has 0 aliphatic carbocycles. The van der Waals surface area contributed by atoms with E-state index in [0.29, 0.717) is 6.54 Å². The smallest absolute Gasteiger partial charge is 0.0968 e. The fourth-order valence-corrected chi connectivity index (χ4v) is 2.65. The molecule has 0 aliphatic rings. The van der Waals surface area contributed by atoms with Crippen LogP contribution in [0.25, 0.3) is 22.2 Å². The topological polar surface area (TPSA) is 51.8 Å². The van der Waals surface area contributed by atoms with Crippen molar-refractivity contribution in [2.75, 3.05) is 0 Å². The third-order valence-electron chi connectivity index (χ3n) is 3.99. The number of hydrogen-bond donors (Lipinski definition) is 1. The number of nitrogens with zero attached hydrogens (tertiary/aromatic N) is 2. The second-order valence-electron chi connectivity index (χ2n) is 6.56. The van der Waals surface area contributed by atoms with Crippen LogP contribution >= 0.6 is 0 Å². The van der Waals surface area contributed by atoms with Crippen LogP contribution in [-0.4, -0.2) is 9.97 Å². The Bertz CT molecular complexity index is 799. The molecule has 2 aromatic heterocycles. The van der Waals surface area contributed by atoms with Crippen molar-refractivity contribution in [3.63, 3.8) is 0 Å². The number of nitrogens with two attached hydrogens (primary N) is 1. The summed E-state index contributed by atoms with van der Waals surface area (Å²) in [4.78, 5) is 8.97. The lowest BCUT2D eigenvalue weighted by atomic mass is 9.86. The second-order valence-corrected chi connectivity index (χ2v) is 6.56. The molecule has 0 bridgehead atoms. The lowest BCUT2D eigenvalue weighted by Gasteiger charge is -2.19. The number of pyridine rings is 2. The van der Waals surface area contributed by atoms with Gasteiger partial charge in [0, 0.05) is 24.5 Å². The van der Waals surface area contributed by atoms with Crippen molar-refractivity contribution in [1.82, 2.24) is 9.97 Å². The van der Waals surface area contributed by atoms with Crippen molar-refractivity contribution in [2.24, 2.45) is 5.73 Å². The maximum Gasteiger partial charge on any atom is 0.0968 e. The quantitative estimate of drug-likeness (QED) is 0.775. The van der Waals surface area contributed by atoms with E-state index in [-0.39, 0.29) is 5.41 Å². The van der Waals surface area contributed by atoms with Crippen molar-refractivity contribution >= 4 is 11.0 Å². The first kappa shape index (κ1) is 14.7. The van der Waals surface area contributed by atoms with E-state index < -0.39 is 0 Å². The monoisotopic (exact) mass is 291 g/mol. The Hall–Kier alpha value is -2.26. The third-order valence-corrected chi connectivity index (χ3v) is 3.99. The standard InChI is InChI=1S/C19H21N3/c1-19(2,3)15-6-4-13(5-7-15)16-9-11-21-17-14(12-20)8-10-22-18(16)17/h4-11H,12,20H2,1-3H3. The molecule has 22 heavy (non-hydrogen) atoms. The van der Waals surface area contributed by atoms with Crippen molar-refractivity contribution in [3.05, 3.63) is 59.9 Å². The lowest BCUT2D eigenvalue weighted by Crippen LogP contribution is -2.10. The Balaban J connectivity index is 2.14. The number of fused-ring (bicyclic) bond motifs is 1. The molecule has 0 spiro atoms. The summed E-state index contributed by atoms with van der Waals surface area (Å²) >= 11 is 0. The predicted octanol–water partition coefficient (Wildman–Crippen LogP) is 4.05. The van der Waals surface area contributed by atoms with Crippen LogP contribution in [0.15, 0.2) is 48.8 Å². The summed E-state index contributed by atoms with van der Waals surface area (Å²) in [5.74, 6) is 0. The van der Waals surface area contributed by atoms with Gasteiger partial charge in [-0.25, -0.2) is 0 Å². The molecule has 0 saturated heterocycles. The highest BCUT2D eigenvalue weighted by Gasteiger charge is 2.14. The molecular weight excluding hydrogens is 270 g/mol. The molecule has 2 heterocycles. The summed E-state index contributed by atoms with van der Waals surface area (Å²) in [7, 11) is 0. The zero-order valence-electron chi connectivity index (χ0n) is 13.3. The summed E-state index contributed by atoms with van der Waals surface area (Å²) in [6, 6.07) is 12.6. The van der Waals surface area contributed by atoms with E-state index in [9.17, 15) is 0 Å². The maximum atomic E-state index is 5.80. The third kappa shape index (κ3) is 2.60. The molecule has 2 N–H and O–H groups in total. The van der Waals surface area contributed by atoms with Gasteiger partial charge < -0.3 is 5.73 Å². The number of rotatable bonds is 2. The first-order valence-corrected chi connectivity index (χ1v) is 7.54. The molecular formula is C19H21N3. The molecule has 0 atom stereocenters. The van der Waals surface area contributed by atoms with Gasteiger partial charge in [-0.15, -0.1) is 0 Å². The average Bonchev–Trinajstić information content (AvgIpc) is 2.53. The van der Waals surface area contributed by atoms with Crippen LogP contribution in [0.3, 0.4) is 0 Å². The average molecular weight is 291 g/mol. The van der Waals surface area contributed by atoms with Gasteiger partial charge in [0.25, 0.3) is 0 Å². The fraction of sp³-hybridized carbons (Fsp3) is 0.263. The highest BCUT2D eigenvalue weighted by atomic mass is 14.8. The van der Waals surface area contributed by atoms with Gasteiger partial charge in [-0.1, -0.05) is 45.0 Å². The molecule has 112 valence electrons. The predicted molar refractivity (Wildman–Crippen MR) is 91.6 cm³/mol. The second kappa shape index (κ2) is 5.50. The highest BCUT2D eigenvalue weighted by Crippen LogP contribution is 2.29. The van der Waals surface area contributed by atoms with Crippen LogP contribution in [0.5, 0.6) is 0 Å². The molecule has 3 rings (SSSR count). The van der Waals surface area contributed by atoms with Gasteiger partial charge in [-0.3, -0.25) is 9.97 Å². The van der Waals surface area contributed by atoms with E-state index in [1.807, 2.05) is 18.3 Å².